The fourth-order valence-corrected chi connectivity index (χ4v) is 3.89. The minimum atomic E-state index is -0.821. The summed E-state index contributed by atoms with van der Waals surface area (Å²) in [5.41, 5.74) is 2.98. The third-order valence-electron chi connectivity index (χ3n) is 6.09. The van der Waals surface area contributed by atoms with Gasteiger partial charge in [-0.3, -0.25) is 19.7 Å². The summed E-state index contributed by atoms with van der Waals surface area (Å²) in [5.74, 6) is -0.897. The molecule has 1 aliphatic heterocycles. The Bertz CT molecular complexity index is 1500. The molecule has 0 atom stereocenters. The molecule has 0 radical (unpaired) electrons. The summed E-state index contributed by atoms with van der Waals surface area (Å²) in [6.45, 7) is 3.48. The molecule has 0 spiro atoms. The molecular weight excluding hydrogens is 502 g/mol. The van der Waals surface area contributed by atoms with Crippen LogP contribution in [0.15, 0.2) is 66.2 Å². The Morgan fingerprint density at radius 3 is 2.36 bits per heavy atom. The van der Waals surface area contributed by atoms with Gasteiger partial charge in [0.2, 0.25) is 0 Å². The van der Waals surface area contributed by atoms with Crippen molar-refractivity contribution in [2.45, 2.75) is 13.8 Å². The van der Waals surface area contributed by atoms with Gasteiger partial charge >= 0.3 is 6.03 Å². The van der Waals surface area contributed by atoms with Crippen molar-refractivity contribution < 1.29 is 33.4 Å². The number of benzene rings is 3. The first-order valence-electron chi connectivity index (χ1n) is 11.9. The van der Waals surface area contributed by atoms with Crippen LogP contribution in [0.5, 0.6) is 17.2 Å². The largest absolute Gasteiger partial charge is 0.495 e. The van der Waals surface area contributed by atoms with E-state index in [0.717, 1.165) is 16.0 Å². The number of barbiturate groups is 1. The first-order chi connectivity index (χ1) is 18.7. The van der Waals surface area contributed by atoms with Crippen molar-refractivity contribution in [2.75, 3.05) is 31.0 Å². The number of ether oxygens (including phenoxy) is 3. The lowest BCUT2D eigenvalue weighted by Gasteiger charge is -2.26. The Labute approximate surface area is 225 Å². The number of hydrogen-bond acceptors (Lipinski definition) is 7. The standard InChI is InChI=1S/C29H27N3O7/c1-17-9-11-20(13-18(17)2)32-28(35)21(27(34)31-29(32)36)14-19-10-12-24(25(15-19)38-4)39-16-26(33)30-22-7-5-6-8-23(22)37-3/h5-15H,16H2,1-4H3,(H,30,33)(H,31,34,36)/b21-14-. The van der Waals surface area contributed by atoms with Gasteiger partial charge in [0.1, 0.15) is 11.3 Å². The lowest BCUT2D eigenvalue weighted by Crippen LogP contribution is -2.54. The Balaban J connectivity index is 1.52. The first-order valence-corrected chi connectivity index (χ1v) is 11.9. The van der Waals surface area contributed by atoms with Gasteiger partial charge in [-0.2, -0.15) is 0 Å². The van der Waals surface area contributed by atoms with Crippen molar-refractivity contribution in [3.63, 3.8) is 0 Å². The molecule has 0 saturated carbocycles. The van der Waals surface area contributed by atoms with Crippen LogP contribution in [0.3, 0.4) is 0 Å². The van der Waals surface area contributed by atoms with Gasteiger partial charge in [-0.15, -0.1) is 0 Å². The number of imide groups is 2. The molecule has 4 rings (SSSR count). The number of hydrogen-bond donors (Lipinski definition) is 2. The van der Waals surface area contributed by atoms with E-state index in [1.165, 1.54) is 20.3 Å². The number of rotatable bonds is 8. The highest BCUT2D eigenvalue weighted by Gasteiger charge is 2.37. The maximum atomic E-state index is 13.2. The Hall–Kier alpha value is -5.12. The van der Waals surface area contributed by atoms with E-state index < -0.39 is 23.8 Å². The number of nitrogens with zero attached hydrogens (tertiary/aromatic N) is 1. The highest BCUT2D eigenvalue weighted by molar-refractivity contribution is 6.39. The molecular formula is C29H27N3O7. The highest BCUT2D eigenvalue weighted by Crippen LogP contribution is 2.30. The fourth-order valence-electron chi connectivity index (χ4n) is 3.89. The van der Waals surface area contributed by atoms with Crippen LogP contribution < -0.4 is 29.7 Å². The number of carbonyl (C=O) groups is 4. The summed E-state index contributed by atoms with van der Waals surface area (Å²) < 4.78 is 16.3. The van der Waals surface area contributed by atoms with Crippen molar-refractivity contribution in [1.82, 2.24) is 5.32 Å². The third kappa shape index (κ3) is 5.90. The minimum Gasteiger partial charge on any atom is -0.495 e. The molecule has 200 valence electrons. The van der Waals surface area contributed by atoms with Gasteiger partial charge in [0, 0.05) is 0 Å². The topological polar surface area (TPSA) is 123 Å². The van der Waals surface area contributed by atoms with Crippen LogP contribution in [0.2, 0.25) is 0 Å². The summed E-state index contributed by atoms with van der Waals surface area (Å²) in [6, 6.07) is 16.0. The van der Waals surface area contributed by atoms with Crippen molar-refractivity contribution >= 4 is 41.2 Å². The monoisotopic (exact) mass is 529 g/mol. The number of aryl methyl sites for hydroxylation is 2. The van der Waals surface area contributed by atoms with Crippen LogP contribution in [0, 0.1) is 13.8 Å². The summed E-state index contributed by atoms with van der Waals surface area (Å²) >= 11 is 0. The predicted octanol–water partition coefficient (Wildman–Crippen LogP) is 4.00. The number of anilines is 2. The number of para-hydroxylation sites is 2. The lowest BCUT2D eigenvalue weighted by atomic mass is 10.0. The maximum Gasteiger partial charge on any atom is 0.335 e. The zero-order valence-corrected chi connectivity index (χ0v) is 21.9. The second-order valence-electron chi connectivity index (χ2n) is 8.67. The molecule has 1 heterocycles. The van der Waals surface area contributed by atoms with E-state index in [9.17, 15) is 19.2 Å². The second kappa shape index (κ2) is 11.5. The highest BCUT2D eigenvalue weighted by atomic mass is 16.5. The Kier molecular flexibility index (Phi) is 7.95. The van der Waals surface area contributed by atoms with Crippen molar-refractivity contribution in [3.8, 4) is 17.2 Å². The number of urea groups is 1. The maximum absolute atomic E-state index is 13.2. The molecule has 0 unspecified atom stereocenters. The van der Waals surface area contributed by atoms with Crippen LogP contribution in [0.1, 0.15) is 16.7 Å². The average Bonchev–Trinajstić information content (AvgIpc) is 2.92. The van der Waals surface area contributed by atoms with Gasteiger partial charge in [0.05, 0.1) is 25.6 Å². The fraction of sp³-hybridized carbons (Fsp3) is 0.172. The molecule has 0 aromatic heterocycles. The first kappa shape index (κ1) is 26.9. The lowest BCUT2D eigenvalue weighted by molar-refractivity contribution is -0.122. The molecule has 2 N–H and O–H groups in total. The Morgan fingerprint density at radius 1 is 0.897 bits per heavy atom. The molecule has 3 aromatic rings. The van der Waals surface area contributed by atoms with Crippen LogP contribution in [0.25, 0.3) is 6.08 Å². The van der Waals surface area contributed by atoms with Gasteiger partial charge in [-0.25, -0.2) is 9.69 Å². The van der Waals surface area contributed by atoms with E-state index in [0.29, 0.717) is 22.7 Å². The number of amides is 5. The summed E-state index contributed by atoms with van der Waals surface area (Å²) in [6.07, 6.45) is 1.36. The average molecular weight is 530 g/mol. The smallest absolute Gasteiger partial charge is 0.335 e. The van der Waals surface area contributed by atoms with Crippen molar-refractivity contribution in [2.24, 2.45) is 0 Å². The number of methoxy groups -OCH3 is 2. The minimum absolute atomic E-state index is 0.222. The van der Waals surface area contributed by atoms with E-state index in [-0.39, 0.29) is 23.7 Å². The van der Waals surface area contributed by atoms with E-state index >= 15 is 0 Å². The van der Waals surface area contributed by atoms with Crippen LogP contribution in [-0.2, 0) is 14.4 Å². The van der Waals surface area contributed by atoms with E-state index in [1.807, 2.05) is 13.8 Å². The van der Waals surface area contributed by atoms with Gasteiger partial charge < -0.3 is 19.5 Å². The molecule has 1 saturated heterocycles. The van der Waals surface area contributed by atoms with Crippen molar-refractivity contribution in [1.29, 1.82) is 0 Å². The number of nitrogens with one attached hydrogen (secondary N) is 2. The summed E-state index contributed by atoms with van der Waals surface area (Å²) in [5, 5.41) is 4.93. The van der Waals surface area contributed by atoms with Crippen molar-refractivity contribution in [3.05, 3.63) is 82.9 Å². The molecule has 0 bridgehead atoms. The van der Waals surface area contributed by atoms with Gasteiger partial charge in [-0.1, -0.05) is 24.3 Å². The van der Waals surface area contributed by atoms with E-state index in [4.69, 9.17) is 14.2 Å². The van der Waals surface area contributed by atoms with Crippen LogP contribution in [-0.4, -0.2) is 44.6 Å². The van der Waals surface area contributed by atoms with Crippen LogP contribution >= 0.6 is 0 Å². The van der Waals surface area contributed by atoms with Crippen LogP contribution in [0.4, 0.5) is 16.2 Å². The van der Waals surface area contributed by atoms with E-state index in [2.05, 4.69) is 10.6 Å². The Morgan fingerprint density at radius 2 is 1.64 bits per heavy atom. The SMILES string of the molecule is COc1ccccc1NC(=O)COc1ccc(/C=C2/C(=O)NC(=O)N(c3ccc(C)c(C)c3)C2=O)cc1OC. The molecule has 10 nitrogen and oxygen atoms in total. The van der Waals surface area contributed by atoms with Gasteiger partial charge in [-0.05, 0) is 73.0 Å². The second-order valence-corrected chi connectivity index (χ2v) is 8.67. The summed E-state index contributed by atoms with van der Waals surface area (Å²) in [4.78, 5) is 51.6. The molecule has 3 aromatic carbocycles. The van der Waals surface area contributed by atoms with Gasteiger partial charge in [0.15, 0.2) is 18.1 Å². The molecule has 1 fully saturated rings. The third-order valence-corrected chi connectivity index (χ3v) is 6.09. The quantitative estimate of drug-likeness (QED) is 0.334. The van der Waals surface area contributed by atoms with Gasteiger partial charge in [0.25, 0.3) is 17.7 Å². The normalized spacial score (nSPS) is 14.2. The zero-order chi connectivity index (χ0) is 28.1. The molecule has 10 heteroatoms. The molecule has 5 amide bonds. The van der Waals surface area contributed by atoms with E-state index in [1.54, 1.807) is 60.7 Å². The summed E-state index contributed by atoms with van der Waals surface area (Å²) in [7, 11) is 2.93. The predicted molar refractivity (Wildman–Crippen MR) is 145 cm³/mol. The number of carbonyl (C=O) groups excluding carboxylic acids is 4. The molecule has 0 aliphatic carbocycles. The zero-order valence-electron chi connectivity index (χ0n) is 21.9. The molecule has 39 heavy (non-hydrogen) atoms. The molecule has 1 aliphatic rings.